The number of anilines is 2. The van der Waals surface area contributed by atoms with E-state index in [9.17, 15) is 0 Å². The first-order valence-corrected chi connectivity index (χ1v) is 18.7. The maximum Gasteiger partial charge on any atom is 0.131 e. The van der Waals surface area contributed by atoms with Crippen LogP contribution in [0.2, 0.25) is 0 Å². The molecule has 5 aromatic carbocycles. The molecule has 2 N–H and O–H groups in total. The quantitative estimate of drug-likeness (QED) is 0.195. The van der Waals surface area contributed by atoms with E-state index in [0.29, 0.717) is 0 Å². The van der Waals surface area contributed by atoms with E-state index >= 15 is 0 Å². The summed E-state index contributed by atoms with van der Waals surface area (Å²) in [4.78, 5) is 7.92. The van der Waals surface area contributed by atoms with Crippen molar-refractivity contribution in [2.45, 2.75) is 56.4 Å². The van der Waals surface area contributed by atoms with Crippen LogP contribution in [0.25, 0.3) is 16.7 Å². The number of allylic oxidation sites excluding steroid dienone is 6. The first kappa shape index (κ1) is 31.1. The molecule has 254 valence electrons. The van der Waals surface area contributed by atoms with Gasteiger partial charge < -0.3 is 10.2 Å². The normalized spacial score (nSPS) is 23.2. The second kappa shape index (κ2) is 12.2. The van der Waals surface area contributed by atoms with Crippen LogP contribution in [0, 0.1) is 0 Å². The number of hydrogen-bond acceptors (Lipinski definition) is 4. The van der Waals surface area contributed by atoms with Gasteiger partial charge in [0.05, 0.1) is 11.7 Å². The summed E-state index contributed by atoms with van der Waals surface area (Å²) < 4.78 is 0. The van der Waals surface area contributed by atoms with Crippen molar-refractivity contribution in [3.05, 3.63) is 197 Å². The molecular weight excluding hydrogens is 633 g/mol. The van der Waals surface area contributed by atoms with Crippen molar-refractivity contribution in [2.75, 3.05) is 4.90 Å². The predicted molar refractivity (Wildman–Crippen MR) is 215 cm³/mol. The number of aliphatic imine (C=N–C) groups is 1. The van der Waals surface area contributed by atoms with Crippen LogP contribution >= 0.6 is 0 Å². The van der Waals surface area contributed by atoms with Crippen molar-refractivity contribution in [2.24, 2.45) is 4.99 Å². The third kappa shape index (κ3) is 4.97. The Hall–Kier alpha value is -5.71. The summed E-state index contributed by atoms with van der Waals surface area (Å²) in [6.07, 6.45) is 17.7. The highest BCUT2D eigenvalue weighted by Gasteiger charge is 2.45. The average molecular weight is 675 g/mol. The summed E-state index contributed by atoms with van der Waals surface area (Å²) in [5.41, 5.74) is 15.5. The van der Waals surface area contributed by atoms with Crippen molar-refractivity contribution in [1.29, 1.82) is 0 Å². The molecule has 3 aliphatic carbocycles. The Kier molecular flexibility index (Phi) is 7.29. The third-order valence-electron chi connectivity index (χ3n) is 11.8. The molecule has 52 heavy (non-hydrogen) atoms. The fourth-order valence-corrected chi connectivity index (χ4v) is 9.12. The van der Waals surface area contributed by atoms with Crippen LogP contribution in [0.5, 0.6) is 0 Å². The minimum Gasteiger partial charge on any atom is -0.350 e. The van der Waals surface area contributed by atoms with Crippen molar-refractivity contribution < 1.29 is 0 Å². The van der Waals surface area contributed by atoms with Crippen molar-refractivity contribution in [3.63, 3.8) is 0 Å². The molecule has 4 nitrogen and oxygen atoms in total. The predicted octanol–water partition coefficient (Wildman–Crippen LogP) is 10.8. The van der Waals surface area contributed by atoms with Gasteiger partial charge in [0.15, 0.2) is 0 Å². The molecule has 0 bridgehead atoms. The lowest BCUT2D eigenvalue weighted by Gasteiger charge is -2.33. The topological polar surface area (TPSA) is 39.7 Å². The number of fused-ring (bicyclic) bond motifs is 7. The fourth-order valence-electron chi connectivity index (χ4n) is 9.12. The highest BCUT2D eigenvalue weighted by Crippen LogP contribution is 2.59. The zero-order valence-electron chi connectivity index (χ0n) is 29.6. The minimum absolute atomic E-state index is 0.0638. The molecule has 2 aliphatic heterocycles. The van der Waals surface area contributed by atoms with E-state index in [-0.39, 0.29) is 29.7 Å². The van der Waals surface area contributed by atoms with Crippen LogP contribution in [0.3, 0.4) is 0 Å². The van der Waals surface area contributed by atoms with Gasteiger partial charge in [0.1, 0.15) is 18.2 Å². The number of rotatable bonds is 5. The van der Waals surface area contributed by atoms with Crippen LogP contribution in [0.1, 0.15) is 83.9 Å². The van der Waals surface area contributed by atoms with Gasteiger partial charge in [-0.1, -0.05) is 160 Å². The van der Waals surface area contributed by atoms with Gasteiger partial charge in [0, 0.05) is 28.1 Å². The minimum atomic E-state index is -0.192. The van der Waals surface area contributed by atoms with E-state index < -0.39 is 0 Å². The molecule has 2 heterocycles. The smallest absolute Gasteiger partial charge is 0.131 e. The number of hydrogen-bond donors (Lipinski definition) is 2. The molecule has 4 atom stereocenters. The molecule has 0 saturated heterocycles. The summed E-state index contributed by atoms with van der Waals surface area (Å²) in [5, 5.41) is 7.61. The summed E-state index contributed by atoms with van der Waals surface area (Å²) >= 11 is 0. The average Bonchev–Trinajstić information content (AvgIpc) is 3.67. The molecule has 5 aliphatic rings. The van der Waals surface area contributed by atoms with Gasteiger partial charge in [-0.3, -0.25) is 5.32 Å². The van der Waals surface area contributed by atoms with Gasteiger partial charge in [-0.15, -0.1) is 0 Å². The Labute approximate surface area is 306 Å². The Bertz CT molecular complexity index is 2360. The van der Waals surface area contributed by atoms with Gasteiger partial charge >= 0.3 is 0 Å². The Morgan fingerprint density at radius 1 is 0.731 bits per heavy atom. The Balaban J connectivity index is 1.06. The summed E-state index contributed by atoms with van der Waals surface area (Å²) in [5.74, 6) is 1.18. The molecule has 0 amide bonds. The van der Waals surface area contributed by atoms with Crippen LogP contribution in [0.15, 0.2) is 163 Å². The lowest BCUT2D eigenvalue weighted by Crippen LogP contribution is -2.45. The lowest BCUT2D eigenvalue weighted by atomic mass is 9.81. The molecule has 0 fully saturated rings. The Morgan fingerprint density at radius 2 is 1.56 bits per heavy atom. The molecular formula is C48H42N4. The maximum atomic E-state index is 5.32. The standard InChI is InChI=1S/C48H42N4/c1-48(2)40-22-11-9-21-39(40)43-41(48)29-28-38-37-20-10-12-23-42(37)52(44(38)43)36-19-13-18-35(30-36)47-50-45(33-16-7-4-8-17-33)49-46(51-47)34-26-24-32(25-27-34)31-14-5-3-6-15-31/h3-5,7-14,16-30,37,42,45-46,49H,6,15H2,1-2H3,(H,50,51). The zero-order chi connectivity index (χ0) is 34.8. The zero-order valence-corrected chi connectivity index (χ0v) is 29.6. The van der Waals surface area contributed by atoms with E-state index in [0.717, 1.165) is 29.8 Å². The van der Waals surface area contributed by atoms with Crippen LogP contribution in [0.4, 0.5) is 11.4 Å². The highest BCUT2D eigenvalue weighted by atomic mass is 15.3. The third-order valence-corrected chi connectivity index (χ3v) is 11.8. The number of nitrogens with zero attached hydrogens (tertiary/aromatic N) is 2. The van der Waals surface area contributed by atoms with E-state index in [4.69, 9.17) is 4.99 Å². The molecule has 4 heteroatoms. The van der Waals surface area contributed by atoms with E-state index in [1.165, 1.54) is 55.9 Å². The highest BCUT2D eigenvalue weighted by molar-refractivity contribution is 6.01. The second-order valence-corrected chi connectivity index (χ2v) is 15.1. The van der Waals surface area contributed by atoms with E-state index in [1.54, 1.807) is 0 Å². The first-order chi connectivity index (χ1) is 25.5. The summed E-state index contributed by atoms with van der Waals surface area (Å²) in [6.45, 7) is 4.74. The first-order valence-electron chi connectivity index (χ1n) is 18.7. The fraction of sp³-hybridized carbons (Fsp3) is 0.188. The second-order valence-electron chi connectivity index (χ2n) is 15.1. The molecule has 0 aromatic heterocycles. The van der Waals surface area contributed by atoms with Gasteiger partial charge in [-0.05, 0) is 69.5 Å². The lowest BCUT2D eigenvalue weighted by molar-refractivity contribution is 0.409. The number of amidine groups is 1. The molecule has 0 spiro atoms. The van der Waals surface area contributed by atoms with Crippen LogP contribution in [-0.2, 0) is 5.41 Å². The summed E-state index contributed by atoms with van der Waals surface area (Å²) in [7, 11) is 0. The maximum absolute atomic E-state index is 5.32. The van der Waals surface area contributed by atoms with Crippen molar-refractivity contribution in [3.8, 4) is 11.1 Å². The van der Waals surface area contributed by atoms with E-state index in [1.807, 2.05) is 0 Å². The van der Waals surface area contributed by atoms with Crippen molar-refractivity contribution in [1.82, 2.24) is 10.6 Å². The molecule has 5 aromatic rings. The summed E-state index contributed by atoms with van der Waals surface area (Å²) in [6, 6.07) is 42.6. The molecule has 4 unspecified atom stereocenters. The SMILES string of the molecule is CC1(C)c2ccccc2-c2c1ccc1c2N(c2cccc(C3=NC(c4ccccc4)NC(c4ccc(C5=CC=CCC5)cc4)N3)c2)C2C=CC=CC12. The van der Waals surface area contributed by atoms with Gasteiger partial charge in [-0.25, -0.2) is 4.99 Å². The van der Waals surface area contributed by atoms with Crippen LogP contribution in [-0.4, -0.2) is 11.9 Å². The monoisotopic (exact) mass is 674 g/mol. The Morgan fingerprint density at radius 3 is 2.40 bits per heavy atom. The van der Waals surface area contributed by atoms with Gasteiger partial charge in [0.2, 0.25) is 0 Å². The van der Waals surface area contributed by atoms with Crippen molar-refractivity contribution >= 4 is 22.8 Å². The molecule has 0 saturated carbocycles. The molecule has 10 rings (SSSR count). The largest absolute Gasteiger partial charge is 0.350 e. The van der Waals surface area contributed by atoms with E-state index in [2.05, 4.69) is 187 Å². The number of nitrogens with one attached hydrogen (secondary N) is 2. The molecule has 0 radical (unpaired) electrons. The van der Waals surface area contributed by atoms with Gasteiger partial charge in [-0.2, -0.15) is 0 Å². The van der Waals surface area contributed by atoms with Crippen LogP contribution < -0.4 is 15.5 Å². The number of benzene rings is 5. The van der Waals surface area contributed by atoms with Gasteiger partial charge in [0.25, 0.3) is 0 Å².